The summed E-state index contributed by atoms with van der Waals surface area (Å²) in [5.74, 6) is 0.784. The topological polar surface area (TPSA) is 55.6 Å². The van der Waals surface area contributed by atoms with Crippen LogP contribution >= 0.6 is 12.4 Å². The van der Waals surface area contributed by atoms with E-state index in [1.807, 2.05) is 36.1 Å². The summed E-state index contributed by atoms with van der Waals surface area (Å²) in [4.78, 5) is 14.2. The zero-order valence-corrected chi connectivity index (χ0v) is 12.2. The van der Waals surface area contributed by atoms with Crippen LogP contribution in [-0.4, -0.2) is 37.0 Å². The highest BCUT2D eigenvalue weighted by Gasteiger charge is 2.27. The van der Waals surface area contributed by atoms with Gasteiger partial charge in [-0.25, -0.2) is 0 Å². The number of hydrogen-bond acceptors (Lipinski definition) is 3. The number of carbonyl (C=O) groups is 1. The third-order valence-corrected chi connectivity index (χ3v) is 3.50. The molecule has 2 N–H and O–H groups in total. The highest BCUT2D eigenvalue weighted by atomic mass is 35.5. The molecule has 1 fully saturated rings. The van der Waals surface area contributed by atoms with Crippen molar-refractivity contribution in [3.05, 3.63) is 29.8 Å². The molecule has 2 rings (SSSR count). The fourth-order valence-corrected chi connectivity index (χ4v) is 2.31. The minimum Gasteiger partial charge on any atom is -0.497 e. The van der Waals surface area contributed by atoms with E-state index in [9.17, 15) is 4.79 Å². The second-order valence-corrected chi connectivity index (χ2v) is 4.83. The smallest absolute Gasteiger partial charge is 0.229 e. The van der Waals surface area contributed by atoms with Crippen LogP contribution in [0.1, 0.15) is 24.8 Å². The SMILES string of the molecule is COc1cccc(C(C)C(=O)N2CC[C@@H](N)C2)c1.Cl. The van der Waals surface area contributed by atoms with Gasteiger partial charge in [-0.15, -0.1) is 12.4 Å². The zero-order valence-electron chi connectivity index (χ0n) is 11.3. The third-order valence-electron chi connectivity index (χ3n) is 3.50. The van der Waals surface area contributed by atoms with E-state index in [-0.39, 0.29) is 30.3 Å². The summed E-state index contributed by atoms with van der Waals surface area (Å²) >= 11 is 0. The third kappa shape index (κ3) is 3.61. The van der Waals surface area contributed by atoms with Crippen LogP contribution in [0, 0.1) is 0 Å². The van der Waals surface area contributed by atoms with Crippen molar-refractivity contribution < 1.29 is 9.53 Å². The number of carbonyl (C=O) groups excluding carboxylic acids is 1. The number of benzene rings is 1. The second-order valence-electron chi connectivity index (χ2n) is 4.83. The lowest BCUT2D eigenvalue weighted by atomic mass is 9.99. The van der Waals surface area contributed by atoms with Crippen LogP contribution in [0.4, 0.5) is 0 Å². The second kappa shape index (κ2) is 6.78. The Hall–Kier alpha value is -1.26. The number of halogens is 1. The molecule has 0 spiro atoms. The molecule has 0 saturated carbocycles. The average molecular weight is 285 g/mol. The van der Waals surface area contributed by atoms with E-state index < -0.39 is 0 Å². The van der Waals surface area contributed by atoms with Gasteiger partial charge >= 0.3 is 0 Å². The molecule has 106 valence electrons. The first-order valence-corrected chi connectivity index (χ1v) is 6.30. The van der Waals surface area contributed by atoms with Gasteiger partial charge in [0.05, 0.1) is 13.0 Å². The zero-order chi connectivity index (χ0) is 13.1. The van der Waals surface area contributed by atoms with Crippen LogP contribution in [0.5, 0.6) is 5.75 Å². The van der Waals surface area contributed by atoms with Gasteiger partial charge in [0.15, 0.2) is 0 Å². The van der Waals surface area contributed by atoms with Crippen LogP contribution in [0.2, 0.25) is 0 Å². The van der Waals surface area contributed by atoms with Crippen LogP contribution in [-0.2, 0) is 4.79 Å². The van der Waals surface area contributed by atoms with Crippen LogP contribution in [0.3, 0.4) is 0 Å². The van der Waals surface area contributed by atoms with Crippen LogP contribution in [0.25, 0.3) is 0 Å². The highest BCUT2D eigenvalue weighted by molar-refractivity contribution is 5.85. The fraction of sp³-hybridized carbons (Fsp3) is 0.500. The number of ether oxygens (including phenoxy) is 1. The maximum absolute atomic E-state index is 12.3. The summed E-state index contributed by atoms with van der Waals surface area (Å²) in [5.41, 5.74) is 6.82. The molecule has 2 atom stereocenters. The molecule has 0 aromatic heterocycles. The molecular weight excluding hydrogens is 264 g/mol. The van der Waals surface area contributed by atoms with Crippen LogP contribution in [0.15, 0.2) is 24.3 Å². The lowest BCUT2D eigenvalue weighted by molar-refractivity contribution is -0.131. The number of likely N-dealkylation sites (tertiary alicyclic amines) is 1. The van der Waals surface area contributed by atoms with E-state index in [0.717, 1.165) is 24.3 Å². The molecular formula is C14H21ClN2O2. The van der Waals surface area contributed by atoms with E-state index in [0.29, 0.717) is 6.54 Å². The molecule has 1 saturated heterocycles. The first-order valence-electron chi connectivity index (χ1n) is 6.30. The predicted molar refractivity (Wildman–Crippen MR) is 77.8 cm³/mol. The van der Waals surface area contributed by atoms with Gasteiger partial charge in [0.1, 0.15) is 5.75 Å². The number of hydrogen-bond donors (Lipinski definition) is 1. The molecule has 19 heavy (non-hydrogen) atoms. The maximum Gasteiger partial charge on any atom is 0.229 e. The molecule has 1 aromatic rings. The van der Waals surface area contributed by atoms with Gasteiger partial charge in [-0.05, 0) is 31.0 Å². The molecule has 0 radical (unpaired) electrons. The monoisotopic (exact) mass is 284 g/mol. The van der Waals surface area contributed by atoms with Crippen molar-refractivity contribution in [2.45, 2.75) is 25.3 Å². The standard InChI is InChI=1S/C14H20N2O2.ClH/c1-10(11-4-3-5-13(8-11)18-2)14(17)16-7-6-12(15)9-16;/h3-5,8,10,12H,6-7,9,15H2,1-2H3;1H/t10?,12-;/m1./s1. The molecule has 1 unspecified atom stereocenters. The van der Waals surface area contributed by atoms with Crippen molar-refractivity contribution in [1.29, 1.82) is 0 Å². The lowest BCUT2D eigenvalue weighted by Crippen LogP contribution is -2.34. The minimum atomic E-state index is -0.148. The van der Waals surface area contributed by atoms with E-state index in [2.05, 4.69) is 0 Å². The summed E-state index contributed by atoms with van der Waals surface area (Å²) in [6.45, 7) is 3.38. The van der Waals surface area contributed by atoms with Gasteiger partial charge in [-0.3, -0.25) is 4.79 Å². The van der Waals surface area contributed by atoms with E-state index in [1.165, 1.54) is 0 Å². The molecule has 1 aliphatic rings. The van der Waals surface area contributed by atoms with Gasteiger partial charge in [0.25, 0.3) is 0 Å². The number of amides is 1. The van der Waals surface area contributed by atoms with Gasteiger partial charge in [-0.1, -0.05) is 12.1 Å². The Balaban J connectivity index is 0.00000180. The number of methoxy groups -OCH3 is 1. The molecule has 4 nitrogen and oxygen atoms in total. The summed E-state index contributed by atoms with van der Waals surface area (Å²) < 4.78 is 5.18. The molecule has 1 heterocycles. The summed E-state index contributed by atoms with van der Waals surface area (Å²) in [7, 11) is 1.63. The van der Waals surface area contributed by atoms with Gasteiger partial charge in [0.2, 0.25) is 5.91 Å². The summed E-state index contributed by atoms with van der Waals surface area (Å²) in [6, 6.07) is 7.80. The molecule has 1 aliphatic heterocycles. The van der Waals surface area contributed by atoms with E-state index in [1.54, 1.807) is 7.11 Å². The predicted octanol–water partition coefficient (Wildman–Crippen LogP) is 1.78. The molecule has 5 heteroatoms. The van der Waals surface area contributed by atoms with Crippen molar-refractivity contribution in [2.24, 2.45) is 5.73 Å². The quantitative estimate of drug-likeness (QED) is 0.920. The lowest BCUT2D eigenvalue weighted by Gasteiger charge is -2.21. The van der Waals surface area contributed by atoms with Crippen molar-refractivity contribution in [1.82, 2.24) is 4.90 Å². The van der Waals surface area contributed by atoms with Crippen molar-refractivity contribution in [3.63, 3.8) is 0 Å². The Morgan fingerprint density at radius 2 is 2.26 bits per heavy atom. The number of nitrogens with zero attached hydrogens (tertiary/aromatic N) is 1. The molecule has 0 aliphatic carbocycles. The largest absolute Gasteiger partial charge is 0.497 e. The molecule has 1 aromatic carbocycles. The van der Waals surface area contributed by atoms with Crippen molar-refractivity contribution >= 4 is 18.3 Å². The first kappa shape index (κ1) is 15.8. The Labute approximate surface area is 120 Å². The maximum atomic E-state index is 12.3. The summed E-state index contributed by atoms with van der Waals surface area (Å²) in [6.07, 6.45) is 0.899. The highest BCUT2D eigenvalue weighted by Crippen LogP contribution is 2.23. The van der Waals surface area contributed by atoms with Crippen molar-refractivity contribution in [2.75, 3.05) is 20.2 Å². The summed E-state index contributed by atoms with van der Waals surface area (Å²) in [5, 5.41) is 0. The number of rotatable bonds is 3. The molecule has 1 amide bonds. The minimum absolute atomic E-state index is 0. The van der Waals surface area contributed by atoms with Crippen LogP contribution < -0.4 is 10.5 Å². The Morgan fingerprint density at radius 3 is 2.84 bits per heavy atom. The number of nitrogens with two attached hydrogens (primary N) is 1. The molecule has 0 bridgehead atoms. The van der Waals surface area contributed by atoms with E-state index >= 15 is 0 Å². The van der Waals surface area contributed by atoms with Gasteiger partial charge in [0, 0.05) is 19.1 Å². The Kier molecular flexibility index (Phi) is 5.63. The van der Waals surface area contributed by atoms with Gasteiger partial charge < -0.3 is 15.4 Å². The first-order chi connectivity index (χ1) is 8.61. The van der Waals surface area contributed by atoms with Gasteiger partial charge in [-0.2, -0.15) is 0 Å². The Bertz CT molecular complexity index is 439. The van der Waals surface area contributed by atoms with E-state index in [4.69, 9.17) is 10.5 Å². The Morgan fingerprint density at radius 1 is 1.53 bits per heavy atom. The van der Waals surface area contributed by atoms with Crippen molar-refractivity contribution in [3.8, 4) is 5.75 Å². The average Bonchev–Trinajstić information content (AvgIpc) is 2.83. The normalized spacial score (nSPS) is 19.7. The fourth-order valence-electron chi connectivity index (χ4n) is 2.31.